The van der Waals surface area contributed by atoms with E-state index in [4.69, 9.17) is 15.4 Å². The van der Waals surface area contributed by atoms with Crippen molar-refractivity contribution in [3.8, 4) is 12.1 Å². The molecule has 0 aromatic heterocycles. The third-order valence-corrected chi connectivity index (χ3v) is 3.59. The molecule has 1 saturated carbocycles. The van der Waals surface area contributed by atoms with Crippen molar-refractivity contribution < 1.29 is 9.76 Å². The summed E-state index contributed by atoms with van der Waals surface area (Å²) in [4.78, 5) is 15.2. The predicted octanol–water partition coefficient (Wildman–Crippen LogP) is 1.34. The van der Waals surface area contributed by atoms with Crippen LogP contribution in [0, 0.1) is 38.2 Å². The molecule has 1 aliphatic heterocycles. The molecule has 1 heterocycles. The maximum absolute atomic E-state index is 11.2. The first-order valence-corrected chi connectivity index (χ1v) is 5.35. The quantitative estimate of drug-likeness (QED) is 0.501. The van der Waals surface area contributed by atoms with E-state index in [0.717, 1.165) is 19.3 Å². The van der Waals surface area contributed by atoms with E-state index in [9.17, 15) is 10.1 Å². The Morgan fingerprint density at radius 1 is 1.35 bits per heavy atom. The molecule has 88 valence electrons. The van der Waals surface area contributed by atoms with Crippen LogP contribution in [0.1, 0.15) is 32.1 Å². The number of nitriles is 2. The summed E-state index contributed by atoms with van der Waals surface area (Å²) < 4.78 is 0. The van der Waals surface area contributed by atoms with Gasteiger partial charge in [-0.3, -0.25) is 10.1 Å². The number of nitro groups is 1. The summed E-state index contributed by atoms with van der Waals surface area (Å²) in [5.41, 5.74) is -3.41. The minimum absolute atomic E-state index is 0.0181. The van der Waals surface area contributed by atoms with E-state index in [2.05, 4.69) is 5.16 Å². The minimum atomic E-state index is -2.22. The van der Waals surface area contributed by atoms with Gasteiger partial charge in [-0.2, -0.15) is 10.5 Å². The van der Waals surface area contributed by atoms with E-state index in [1.54, 1.807) is 6.07 Å². The van der Waals surface area contributed by atoms with E-state index in [1.165, 1.54) is 0 Å². The molecule has 7 nitrogen and oxygen atoms in total. The van der Waals surface area contributed by atoms with Gasteiger partial charge in [0.1, 0.15) is 6.07 Å². The maximum Gasteiger partial charge on any atom is 0.482 e. The van der Waals surface area contributed by atoms with Crippen LogP contribution in [0.2, 0.25) is 0 Å². The van der Waals surface area contributed by atoms with E-state index < -0.39 is 16.1 Å². The second-order valence-corrected chi connectivity index (χ2v) is 4.30. The molecule has 1 atom stereocenters. The molecule has 1 unspecified atom stereocenters. The van der Waals surface area contributed by atoms with Gasteiger partial charge in [0, 0.05) is 0 Å². The lowest BCUT2D eigenvalue weighted by Gasteiger charge is -2.34. The SMILES string of the molecule is N#CC1=NOC(C#N)([N+](=O)[O-])C12CCCCC2. The predicted molar refractivity (Wildman–Crippen MR) is 55.0 cm³/mol. The molecule has 0 aromatic rings. The Morgan fingerprint density at radius 2 is 2.00 bits per heavy atom. The Balaban J connectivity index is 2.54. The Labute approximate surface area is 97.4 Å². The molecule has 0 amide bonds. The molecule has 0 bridgehead atoms. The van der Waals surface area contributed by atoms with Crippen LogP contribution >= 0.6 is 0 Å². The first-order chi connectivity index (χ1) is 8.13. The summed E-state index contributed by atoms with van der Waals surface area (Å²) in [6.07, 6.45) is 3.21. The van der Waals surface area contributed by atoms with Crippen molar-refractivity contribution in [1.29, 1.82) is 10.5 Å². The summed E-state index contributed by atoms with van der Waals surface area (Å²) in [5.74, 6) is 0. The highest BCUT2D eigenvalue weighted by Crippen LogP contribution is 2.51. The first-order valence-electron chi connectivity index (χ1n) is 5.35. The van der Waals surface area contributed by atoms with E-state index in [-0.39, 0.29) is 5.71 Å². The van der Waals surface area contributed by atoms with Gasteiger partial charge in [-0.15, -0.1) is 0 Å². The van der Waals surface area contributed by atoms with Crippen LogP contribution in [0.4, 0.5) is 0 Å². The van der Waals surface area contributed by atoms with Crippen LogP contribution in [0.3, 0.4) is 0 Å². The number of nitrogens with zero attached hydrogens (tertiary/aromatic N) is 4. The largest absolute Gasteiger partial charge is 0.482 e. The molecule has 0 radical (unpaired) electrons. The van der Waals surface area contributed by atoms with E-state index >= 15 is 0 Å². The maximum atomic E-state index is 11.2. The van der Waals surface area contributed by atoms with Crippen molar-refractivity contribution in [3.05, 3.63) is 10.1 Å². The fourth-order valence-electron chi connectivity index (χ4n) is 2.68. The first kappa shape index (κ1) is 11.3. The number of oxime groups is 1. The van der Waals surface area contributed by atoms with Crippen molar-refractivity contribution in [2.75, 3.05) is 0 Å². The van der Waals surface area contributed by atoms with Gasteiger partial charge in [0.15, 0.2) is 17.2 Å². The highest BCUT2D eigenvalue weighted by atomic mass is 16.7. The van der Waals surface area contributed by atoms with Gasteiger partial charge in [0.2, 0.25) is 0 Å². The summed E-state index contributed by atoms with van der Waals surface area (Å²) in [5, 5.41) is 32.8. The Kier molecular flexibility index (Phi) is 2.47. The second kappa shape index (κ2) is 3.70. The lowest BCUT2D eigenvalue weighted by Crippen LogP contribution is -2.55. The third kappa shape index (κ3) is 1.22. The van der Waals surface area contributed by atoms with Crippen molar-refractivity contribution >= 4 is 5.71 Å². The van der Waals surface area contributed by atoms with E-state index in [1.807, 2.05) is 6.07 Å². The summed E-state index contributed by atoms with van der Waals surface area (Å²) in [6, 6.07) is 3.45. The number of hydrogen-bond acceptors (Lipinski definition) is 6. The van der Waals surface area contributed by atoms with Crippen LogP contribution < -0.4 is 0 Å². The van der Waals surface area contributed by atoms with Crippen LogP contribution in [-0.2, 0) is 4.84 Å². The molecule has 2 rings (SSSR count). The topological polar surface area (TPSA) is 112 Å². The van der Waals surface area contributed by atoms with Gasteiger partial charge in [-0.25, -0.2) is 0 Å². The molecule has 1 aliphatic carbocycles. The third-order valence-electron chi connectivity index (χ3n) is 3.59. The second-order valence-electron chi connectivity index (χ2n) is 4.30. The molecular weight excluding hydrogens is 224 g/mol. The summed E-state index contributed by atoms with van der Waals surface area (Å²) >= 11 is 0. The summed E-state index contributed by atoms with van der Waals surface area (Å²) in [7, 11) is 0. The van der Waals surface area contributed by atoms with Crippen LogP contribution in [0.25, 0.3) is 0 Å². The Morgan fingerprint density at radius 3 is 2.47 bits per heavy atom. The normalized spacial score (nSPS) is 29.9. The molecule has 1 spiro atoms. The minimum Gasteiger partial charge on any atom is -0.303 e. The van der Waals surface area contributed by atoms with Crippen LogP contribution in [0.5, 0.6) is 0 Å². The fraction of sp³-hybridized carbons (Fsp3) is 0.700. The monoisotopic (exact) mass is 234 g/mol. The lowest BCUT2D eigenvalue weighted by atomic mass is 9.65. The summed E-state index contributed by atoms with van der Waals surface area (Å²) in [6.45, 7) is 0. The fourth-order valence-corrected chi connectivity index (χ4v) is 2.68. The molecule has 17 heavy (non-hydrogen) atoms. The zero-order valence-electron chi connectivity index (χ0n) is 9.05. The van der Waals surface area contributed by atoms with Crippen molar-refractivity contribution in [3.63, 3.8) is 0 Å². The highest BCUT2D eigenvalue weighted by Gasteiger charge is 2.72. The lowest BCUT2D eigenvalue weighted by molar-refractivity contribution is -0.625. The molecule has 1 fully saturated rings. The molecule has 0 aromatic carbocycles. The highest BCUT2D eigenvalue weighted by molar-refractivity contribution is 6.04. The molecule has 7 heteroatoms. The average Bonchev–Trinajstić information content (AvgIpc) is 2.64. The molecule has 0 saturated heterocycles. The average molecular weight is 234 g/mol. The Hall–Kier alpha value is -2.15. The zero-order valence-corrected chi connectivity index (χ0v) is 9.05. The van der Waals surface area contributed by atoms with Crippen molar-refractivity contribution in [2.45, 2.75) is 37.8 Å². The molecule has 0 N–H and O–H groups in total. The van der Waals surface area contributed by atoms with Crippen molar-refractivity contribution in [1.82, 2.24) is 0 Å². The van der Waals surface area contributed by atoms with E-state index in [0.29, 0.717) is 12.8 Å². The standard InChI is InChI=1S/C10H10N4O3/c11-6-8-9(4-2-1-3-5-9)10(7-12,14(15)16)17-13-8/h1-5H2. The van der Waals surface area contributed by atoms with Gasteiger partial charge in [0.25, 0.3) is 0 Å². The smallest absolute Gasteiger partial charge is 0.303 e. The van der Waals surface area contributed by atoms with Gasteiger partial charge in [-0.1, -0.05) is 24.4 Å². The Bertz CT molecular complexity index is 467. The number of rotatable bonds is 1. The number of hydrogen-bond donors (Lipinski definition) is 0. The van der Waals surface area contributed by atoms with Crippen LogP contribution in [-0.4, -0.2) is 16.4 Å². The van der Waals surface area contributed by atoms with Gasteiger partial charge >= 0.3 is 5.72 Å². The van der Waals surface area contributed by atoms with Crippen molar-refractivity contribution in [2.24, 2.45) is 10.6 Å². The van der Waals surface area contributed by atoms with Gasteiger partial charge in [0.05, 0.1) is 4.92 Å². The van der Waals surface area contributed by atoms with Gasteiger partial charge < -0.3 is 4.84 Å². The zero-order chi connectivity index (χ0) is 12.5. The van der Waals surface area contributed by atoms with Crippen LogP contribution in [0.15, 0.2) is 5.16 Å². The van der Waals surface area contributed by atoms with Gasteiger partial charge in [-0.05, 0) is 12.8 Å². The molecule has 2 aliphatic rings. The molecular formula is C10H10N4O3.